The number of piperidine rings is 1. The molecule has 2 atom stereocenters. The van der Waals surface area contributed by atoms with E-state index in [0.717, 1.165) is 57.9 Å². The summed E-state index contributed by atoms with van der Waals surface area (Å²) in [5.74, 6) is 0.118. The maximum absolute atomic E-state index is 12.3. The molecule has 0 radical (unpaired) electrons. The lowest BCUT2D eigenvalue weighted by Crippen LogP contribution is -2.43. The van der Waals surface area contributed by atoms with Gasteiger partial charge < -0.3 is 15.1 Å². The highest BCUT2D eigenvalue weighted by Crippen LogP contribution is 2.21. The molecule has 26 heavy (non-hydrogen) atoms. The quantitative estimate of drug-likeness (QED) is 0.379. The van der Waals surface area contributed by atoms with Gasteiger partial charge in [-0.3, -0.25) is 9.59 Å². The van der Waals surface area contributed by atoms with E-state index in [1.54, 1.807) is 0 Å². The van der Waals surface area contributed by atoms with Crippen LogP contribution in [0.15, 0.2) is 12.2 Å². The van der Waals surface area contributed by atoms with Gasteiger partial charge in [-0.25, -0.2) is 0 Å². The second-order valence-electron chi connectivity index (χ2n) is 7.88. The molecule has 0 saturated carbocycles. The third-order valence-electron chi connectivity index (χ3n) is 4.99. The average Bonchev–Trinajstić information content (AvgIpc) is 2.57. The molecule has 150 valence electrons. The largest absolute Gasteiger partial charge is 0.481 e. The number of aliphatic hydroxyl groups is 1. The van der Waals surface area contributed by atoms with Crippen LogP contribution in [0.2, 0.25) is 0 Å². The predicted molar refractivity (Wildman–Crippen MR) is 104 cm³/mol. The van der Waals surface area contributed by atoms with Crippen LogP contribution in [-0.4, -0.2) is 45.7 Å². The van der Waals surface area contributed by atoms with Gasteiger partial charge in [0.1, 0.15) is 0 Å². The van der Waals surface area contributed by atoms with Crippen molar-refractivity contribution in [3.63, 3.8) is 0 Å². The summed E-state index contributed by atoms with van der Waals surface area (Å²) >= 11 is 0. The van der Waals surface area contributed by atoms with Crippen molar-refractivity contribution in [2.24, 2.45) is 5.92 Å². The van der Waals surface area contributed by atoms with Crippen molar-refractivity contribution in [3.8, 4) is 0 Å². The smallest absolute Gasteiger partial charge is 0.303 e. The first-order chi connectivity index (χ1) is 12.4. The van der Waals surface area contributed by atoms with E-state index in [9.17, 15) is 14.7 Å². The molecule has 0 aromatic rings. The van der Waals surface area contributed by atoms with E-state index in [1.807, 2.05) is 17.1 Å². The highest BCUT2D eigenvalue weighted by molar-refractivity contribution is 5.77. The minimum atomic E-state index is -0.742. The summed E-state index contributed by atoms with van der Waals surface area (Å²) in [6.45, 7) is 5.11. The predicted octanol–water partition coefficient (Wildman–Crippen LogP) is 4.15. The molecule has 2 N–H and O–H groups in total. The van der Waals surface area contributed by atoms with Crippen LogP contribution in [0.5, 0.6) is 0 Å². The topological polar surface area (TPSA) is 77.8 Å². The molecule has 1 unspecified atom stereocenters. The standard InChI is InChI=1S/C21H37NO4/c1-17(2)9-7-11-19(23)15-14-18-10-8-12-20(24)22(18)16-6-4-3-5-13-21(25)26/h14-15,17-19,23H,3-13,16H2,1-2H3,(H,25,26)/b15-14+/t18-,19?/m1/s1. The van der Waals surface area contributed by atoms with E-state index >= 15 is 0 Å². The van der Waals surface area contributed by atoms with Gasteiger partial charge in [-0.05, 0) is 38.0 Å². The fourth-order valence-corrected chi connectivity index (χ4v) is 3.44. The number of unbranched alkanes of at least 4 members (excludes halogenated alkanes) is 3. The summed E-state index contributed by atoms with van der Waals surface area (Å²) < 4.78 is 0. The number of aliphatic carboxylic acids is 1. The van der Waals surface area contributed by atoms with E-state index in [-0.39, 0.29) is 18.4 Å². The van der Waals surface area contributed by atoms with Crippen LogP contribution >= 0.6 is 0 Å². The van der Waals surface area contributed by atoms with E-state index in [0.29, 0.717) is 18.8 Å². The Balaban J connectivity index is 2.37. The lowest BCUT2D eigenvalue weighted by atomic mass is 9.98. The van der Waals surface area contributed by atoms with Gasteiger partial charge in [-0.1, -0.05) is 51.7 Å². The van der Waals surface area contributed by atoms with Crippen molar-refractivity contribution in [3.05, 3.63) is 12.2 Å². The molecule has 1 aliphatic rings. The normalized spacial score (nSPS) is 19.5. The molecular weight excluding hydrogens is 330 g/mol. The van der Waals surface area contributed by atoms with Crippen LogP contribution in [0.4, 0.5) is 0 Å². The Bertz CT molecular complexity index is 447. The molecule has 1 fully saturated rings. The zero-order valence-electron chi connectivity index (χ0n) is 16.5. The number of aliphatic hydroxyl groups excluding tert-OH is 1. The van der Waals surface area contributed by atoms with Crippen LogP contribution in [0.1, 0.15) is 84.5 Å². The minimum absolute atomic E-state index is 0.0926. The fraction of sp³-hybridized carbons (Fsp3) is 0.810. The molecular formula is C21H37NO4. The van der Waals surface area contributed by atoms with Crippen LogP contribution in [-0.2, 0) is 9.59 Å². The number of carboxylic acids is 1. The zero-order chi connectivity index (χ0) is 19.4. The molecule has 1 aliphatic heterocycles. The molecule has 0 aliphatic carbocycles. The number of likely N-dealkylation sites (tertiary alicyclic amines) is 1. The van der Waals surface area contributed by atoms with Gasteiger partial charge in [0.05, 0.1) is 12.1 Å². The van der Waals surface area contributed by atoms with E-state index < -0.39 is 12.1 Å². The van der Waals surface area contributed by atoms with Gasteiger partial charge in [-0.15, -0.1) is 0 Å². The van der Waals surface area contributed by atoms with Crippen molar-refractivity contribution in [1.29, 1.82) is 0 Å². The molecule has 0 aromatic carbocycles. The maximum atomic E-state index is 12.3. The summed E-state index contributed by atoms with van der Waals surface area (Å²) in [5.41, 5.74) is 0. The Kier molecular flexibility index (Phi) is 11.3. The van der Waals surface area contributed by atoms with Crippen LogP contribution < -0.4 is 0 Å². The summed E-state index contributed by atoms with van der Waals surface area (Å²) in [6, 6.07) is 0.0926. The molecule has 5 nitrogen and oxygen atoms in total. The highest BCUT2D eigenvalue weighted by atomic mass is 16.4. The molecule has 1 rings (SSSR count). The first-order valence-corrected chi connectivity index (χ1v) is 10.3. The third kappa shape index (κ3) is 9.95. The first-order valence-electron chi connectivity index (χ1n) is 10.3. The van der Waals surface area contributed by atoms with Gasteiger partial charge in [0.2, 0.25) is 5.91 Å². The second kappa shape index (κ2) is 12.9. The average molecular weight is 368 g/mol. The lowest BCUT2D eigenvalue weighted by Gasteiger charge is -2.34. The van der Waals surface area contributed by atoms with Gasteiger partial charge in [-0.2, -0.15) is 0 Å². The molecule has 0 aromatic heterocycles. The SMILES string of the molecule is CC(C)CCCC(O)/C=C/[C@H]1CCCC(=O)N1CCCCCCC(=O)O. The molecule has 0 spiro atoms. The number of carboxylic acid groups (broad SMARTS) is 1. The van der Waals surface area contributed by atoms with Crippen molar-refractivity contribution in [2.45, 2.75) is 96.6 Å². The van der Waals surface area contributed by atoms with Crippen LogP contribution in [0.3, 0.4) is 0 Å². The molecule has 1 heterocycles. The van der Waals surface area contributed by atoms with Crippen molar-refractivity contribution in [1.82, 2.24) is 4.90 Å². The van der Waals surface area contributed by atoms with E-state index in [4.69, 9.17) is 5.11 Å². The molecule has 0 bridgehead atoms. The molecule has 1 saturated heterocycles. The Hall–Kier alpha value is -1.36. The number of nitrogens with zero attached hydrogens (tertiary/aromatic N) is 1. The Morgan fingerprint density at radius 2 is 1.92 bits per heavy atom. The van der Waals surface area contributed by atoms with Gasteiger partial charge >= 0.3 is 5.97 Å². The molecule has 1 amide bonds. The summed E-state index contributed by atoms with van der Waals surface area (Å²) in [6.07, 6.45) is 12.5. The Labute approximate surface area is 158 Å². The van der Waals surface area contributed by atoms with Gasteiger partial charge in [0.25, 0.3) is 0 Å². The van der Waals surface area contributed by atoms with Crippen LogP contribution in [0.25, 0.3) is 0 Å². The first kappa shape index (κ1) is 22.7. The summed E-state index contributed by atoms with van der Waals surface area (Å²) in [5, 5.41) is 18.8. The van der Waals surface area contributed by atoms with Crippen molar-refractivity contribution < 1.29 is 19.8 Å². The van der Waals surface area contributed by atoms with E-state index in [2.05, 4.69) is 13.8 Å². The van der Waals surface area contributed by atoms with Gasteiger partial charge in [0.15, 0.2) is 0 Å². The Morgan fingerprint density at radius 1 is 1.19 bits per heavy atom. The van der Waals surface area contributed by atoms with Gasteiger partial charge in [0, 0.05) is 19.4 Å². The maximum Gasteiger partial charge on any atom is 0.303 e. The summed E-state index contributed by atoms with van der Waals surface area (Å²) in [7, 11) is 0. The fourth-order valence-electron chi connectivity index (χ4n) is 3.44. The number of rotatable bonds is 13. The number of carbonyl (C=O) groups excluding carboxylic acids is 1. The lowest BCUT2D eigenvalue weighted by molar-refractivity contribution is -0.137. The number of hydrogen-bond donors (Lipinski definition) is 2. The minimum Gasteiger partial charge on any atom is -0.481 e. The summed E-state index contributed by atoms with van der Waals surface area (Å²) in [4.78, 5) is 24.7. The third-order valence-corrected chi connectivity index (χ3v) is 4.99. The second-order valence-corrected chi connectivity index (χ2v) is 7.88. The number of carbonyl (C=O) groups is 2. The molecule has 5 heteroatoms. The number of hydrogen-bond acceptors (Lipinski definition) is 3. The van der Waals surface area contributed by atoms with Crippen LogP contribution in [0, 0.1) is 5.92 Å². The van der Waals surface area contributed by atoms with E-state index in [1.165, 1.54) is 0 Å². The van der Waals surface area contributed by atoms with Crippen molar-refractivity contribution in [2.75, 3.05) is 6.54 Å². The Morgan fingerprint density at radius 3 is 2.62 bits per heavy atom. The van der Waals surface area contributed by atoms with Crippen molar-refractivity contribution >= 4 is 11.9 Å². The highest BCUT2D eigenvalue weighted by Gasteiger charge is 2.25. The number of amides is 1. The zero-order valence-corrected chi connectivity index (χ0v) is 16.5. The monoisotopic (exact) mass is 367 g/mol.